The average Bonchev–Trinajstić information content (AvgIpc) is 2.92. The molecule has 1 N–H and O–H groups in total. The first-order valence-electron chi connectivity index (χ1n) is 6.50. The van der Waals surface area contributed by atoms with Crippen molar-refractivity contribution in [1.29, 1.82) is 0 Å². The molecule has 0 spiro atoms. The van der Waals surface area contributed by atoms with E-state index in [9.17, 15) is 9.90 Å². The Morgan fingerprint density at radius 2 is 2.14 bits per heavy atom. The maximum atomic E-state index is 12.0. The molecule has 6 heteroatoms. The fourth-order valence-corrected chi connectivity index (χ4v) is 3.00. The van der Waals surface area contributed by atoms with Gasteiger partial charge in [-0.15, -0.1) is 11.3 Å². The standard InChI is InChI=1S/C16H11ClN2O2S/c17-10-5-6-13(20)11(7-10)14(21)8-18-9-16-19-12-3-1-2-4-15(12)22-16/h1-7,9,20H,8H2. The highest BCUT2D eigenvalue weighted by atomic mass is 35.5. The number of phenols is 1. The molecule has 0 atom stereocenters. The number of para-hydroxylation sites is 1. The van der Waals surface area contributed by atoms with Gasteiger partial charge < -0.3 is 5.11 Å². The molecular formula is C16H11ClN2O2S. The summed E-state index contributed by atoms with van der Waals surface area (Å²) < 4.78 is 1.07. The molecule has 2 aromatic carbocycles. The van der Waals surface area contributed by atoms with Gasteiger partial charge in [-0.05, 0) is 30.3 Å². The van der Waals surface area contributed by atoms with Crippen molar-refractivity contribution < 1.29 is 9.90 Å². The number of aromatic hydroxyl groups is 1. The minimum Gasteiger partial charge on any atom is -0.507 e. The van der Waals surface area contributed by atoms with Gasteiger partial charge in [0.05, 0.1) is 22.0 Å². The van der Waals surface area contributed by atoms with Crippen LogP contribution in [0, 0.1) is 0 Å². The monoisotopic (exact) mass is 330 g/mol. The van der Waals surface area contributed by atoms with Gasteiger partial charge in [0.15, 0.2) is 5.78 Å². The third-order valence-electron chi connectivity index (χ3n) is 3.01. The third-order valence-corrected chi connectivity index (χ3v) is 4.21. The number of thiazole rings is 1. The maximum Gasteiger partial charge on any atom is 0.187 e. The van der Waals surface area contributed by atoms with Gasteiger partial charge in [-0.3, -0.25) is 9.79 Å². The van der Waals surface area contributed by atoms with Crippen LogP contribution in [-0.2, 0) is 0 Å². The number of aliphatic imine (C=N–C) groups is 1. The lowest BCUT2D eigenvalue weighted by Crippen LogP contribution is -2.04. The predicted molar refractivity (Wildman–Crippen MR) is 89.5 cm³/mol. The van der Waals surface area contributed by atoms with Crippen molar-refractivity contribution in [1.82, 2.24) is 4.98 Å². The molecule has 1 heterocycles. The molecule has 0 radical (unpaired) electrons. The van der Waals surface area contributed by atoms with Crippen LogP contribution >= 0.6 is 22.9 Å². The van der Waals surface area contributed by atoms with E-state index in [4.69, 9.17) is 11.6 Å². The van der Waals surface area contributed by atoms with Crippen LogP contribution in [0.15, 0.2) is 47.5 Å². The van der Waals surface area contributed by atoms with Crippen molar-refractivity contribution in [2.24, 2.45) is 4.99 Å². The number of ketones is 1. The highest BCUT2D eigenvalue weighted by Crippen LogP contribution is 2.22. The predicted octanol–water partition coefficient (Wildman–Crippen LogP) is 3.96. The minimum atomic E-state index is -0.294. The number of hydrogen-bond donors (Lipinski definition) is 1. The van der Waals surface area contributed by atoms with Gasteiger partial charge in [-0.1, -0.05) is 23.7 Å². The van der Waals surface area contributed by atoms with Crippen molar-refractivity contribution in [2.75, 3.05) is 6.54 Å². The van der Waals surface area contributed by atoms with Gasteiger partial charge in [-0.2, -0.15) is 0 Å². The number of aromatic nitrogens is 1. The molecule has 110 valence electrons. The fourth-order valence-electron chi connectivity index (χ4n) is 1.97. The topological polar surface area (TPSA) is 62.5 Å². The first kappa shape index (κ1) is 14.7. The maximum absolute atomic E-state index is 12.0. The Morgan fingerprint density at radius 3 is 2.95 bits per heavy atom. The number of halogens is 1. The number of rotatable bonds is 4. The van der Waals surface area contributed by atoms with Crippen molar-refractivity contribution in [3.63, 3.8) is 0 Å². The number of benzene rings is 2. The second-order valence-corrected chi connectivity index (χ2v) is 6.07. The summed E-state index contributed by atoms with van der Waals surface area (Å²) in [5.74, 6) is -0.387. The largest absolute Gasteiger partial charge is 0.507 e. The van der Waals surface area contributed by atoms with Crippen LogP contribution in [0.4, 0.5) is 0 Å². The highest BCUT2D eigenvalue weighted by molar-refractivity contribution is 7.20. The summed E-state index contributed by atoms with van der Waals surface area (Å²) in [7, 11) is 0. The van der Waals surface area contributed by atoms with Gasteiger partial charge in [0.1, 0.15) is 17.3 Å². The Labute approximate surface area is 135 Å². The number of Topliss-reactive ketones (excluding diaryl/α,β-unsaturated/α-hetero) is 1. The number of carbonyl (C=O) groups is 1. The van der Waals surface area contributed by atoms with Gasteiger partial charge >= 0.3 is 0 Å². The lowest BCUT2D eigenvalue weighted by molar-refractivity contribution is 0.0999. The molecule has 0 aliphatic carbocycles. The average molecular weight is 331 g/mol. The van der Waals surface area contributed by atoms with E-state index >= 15 is 0 Å². The lowest BCUT2D eigenvalue weighted by Gasteiger charge is -2.01. The normalized spacial score (nSPS) is 11.3. The molecule has 0 aliphatic heterocycles. The Balaban J connectivity index is 1.73. The summed E-state index contributed by atoms with van der Waals surface area (Å²) in [5, 5.41) is 10.8. The Hall–Kier alpha value is -2.24. The summed E-state index contributed by atoms with van der Waals surface area (Å²) in [6.07, 6.45) is 1.57. The summed E-state index contributed by atoms with van der Waals surface area (Å²) >= 11 is 7.33. The summed E-state index contributed by atoms with van der Waals surface area (Å²) in [5.41, 5.74) is 1.08. The number of nitrogens with zero attached hydrogens (tertiary/aromatic N) is 2. The van der Waals surface area contributed by atoms with Gasteiger partial charge in [-0.25, -0.2) is 4.98 Å². The summed E-state index contributed by atoms with van der Waals surface area (Å²) in [4.78, 5) is 20.5. The van der Waals surface area contributed by atoms with Crippen molar-refractivity contribution in [3.05, 3.63) is 58.1 Å². The van der Waals surface area contributed by atoms with Crippen molar-refractivity contribution >= 4 is 45.2 Å². The van der Waals surface area contributed by atoms with Crippen molar-refractivity contribution in [2.45, 2.75) is 0 Å². The van der Waals surface area contributed by atoms with Crippen LogP contribution in [-0.4, -0.2) is 28.6 Å². The van der Waals surface area contributed by atoms with E-state index in [-0.39, 0.29) is 23.6 Å². The first-order chi connectivity index (χ1) is 10.6. The number of hydrogen-bond acceptors (Lipinski definition) is 5. The summed E-state index contributed by atoms with van der Waals surface area (Å²) in [6.45, 7) is -0.0656. The van der Waals surface area contributed by atoms with E-state index in [2.05, 4.69) is 9.98 Å². The molecule has 0 amide bonds. The van der Waals surface area contributed by atoms with Gasteiger partial charge in [0.2, 0.25) is 0 Å². The molecule has 0 fully saturated rings. The molecule has 22 heavy (non-hydrogen) atoms. The van der Waals surface area contributed by atoms with Crippen LogP contribution < -0.4 is 0 Å². The van der Waals surface area contributed by atoms with Crippen LogP contribution in [0.5, 0.6) is 5.75 Å². The third kappa shape index (κ3) is 3.16. The van der Waals surface area contributed by atoms with E-state index in [1.807, 2.05) is 24.3 Å². The van der Waals surface area contributed by atoms with E-state index in [1.54, 1.807) is 6.21 Å². The molecule has 3 rings (SSSR count). The molecule has 0 saturated heterocycles. The Bertz CT molecular complexity index is 840. The molecule has 4 nitrogen and oxygen atoms in total. The second kappa shape index (κ2) is 6.25. The zero-order valence-electron chi connectivity index (χ0n) is 11.4. The zero-order chi connectivity index (χ0) is 15.5. The molecule has 1 aromatic heterocycles. The minimum absolute atomic E-state index is 0.0656. The molecule has 3 aromatic rings. The smallest absolute Gasteiger partial charge is 0.187 e. The van der Waals surface area contributed by atoms with E-state index in [1.165, 1.54) is 29.5 Å². The SMILES string of the molecule is O=C(CN=Cc1nc2ccccc2s1)c1cc(Cl)ccc1O. The number of phenolic OH excluding ortho intramolecular Hbond substituents is 1. The summed E-state index contributed by atoms with van der Waals surface area (Å²) in [6, 6.07) is 12.1. The fraction of sp³-hybridized carbons (Fsp3) is 0.0625. The van der Waals surface area contributed by atoms with Crippen molar-refractivity contribution in [3.8, 4) is 5.75 Å². The van der Waals surface area contributed by atoms with E-state index in [0.717, 1.165) is 15.2 Å². The van der Waals surface area contributed by atoms with Gasteiger partial charge in [0.25, 0.3) is 0 Å². The zero-order valence-corrected chi connectivity index (χ0v) is 12.9. The van der Waals surface area contributed by atoms with Crippen LogP contribution in [0.25, 0.3) is 10.2 Å². The number of fused-ring (bicyclic) bond motifs is 1. The lowest BCUT2D eigenvalue weighted by atomic mass is 10.1. The van der Waals surface area contributed by atoms with E-state index in [0.29, 0.717) is 5.02 Å². The Morgan fingerprint density at radius 1 is 1.32 bits per heavy atom. The second-order valence-electron chi connectivity index (χ2n) is 4.57. The van der Waals surface area contributed by atoms with Crippen LogP contribution in [0.2, 0.25) is 5.02 Å². The molecular weight excluding hydrogens is 320 g/mol. The van der Waals surface area contributed by atoms with E-state index < -0.39 is 0 Å². The first-order valence-corrected chi connectivity index (χ1v) is 7.70. The molecule has 0 saturated carbocycles. The number of carbonyl (C=O) groups excluding carboxylic acids is 1. The highest BCUT2D eigenvalue weighted by Gasteiger charge is 2.11. The molecule has 0 aliphatic rings. The molecule has 0 unspecified atom stereocenters. The molecule has 0 bridgehead atoms. The van der Waals surface area contributed by atoms with Crippen LogP contribution in [0.1, 0.15) is 15.4 Å². The van der Waals surface area contributed by atoms with Crippen LogP contribution in [0.3, 0.4) is 0 Å². The van der Waals surface area contributed by atoms with Gasteiger partial charge in [0, 0.05) is 5.02 Å². The Kier molecular flexibility index (Phi) is 4.18. The quantitative estimate of drug-likeness (QED) is 0.582.